The van der Waals surface area contributed by atoms with Crippen molar-refractivity contribution >= 4 is 16.6 Å². The second-order valence-electron chi connectivity index (χ2n) is 7.24. The molecule has 0 unspecified atom stereocenters. The number of hydrogen-bond donors (Lipinski definition) is 0. The van der Waals surface area contributed by atoms with E-state index in [0.29, 0.717) is 0 Å². The molecule has 0 aliphatic carbocycles. The van der Waals surface area contributed by atoms with Gasteiger partial charge in [0.05, 0.1) is 12.7 Å². The molecule has 0 rings (SSSR count). The third-order valence-corrected chi connectivity index (χ3v) is 14.1. The molecular formula is C15H36O2Si2. The van der Waals surface area contributed by atoms with Crippen molar-refractivity contribution in [1.82, 2.24) is 0 Å². The second-order valence-corrected chi connectivity index (χ2v) is 16.8. The summed E-state index contributed by atoms with van der Waals surface area (Å²) in [5.41, 5.74) is 0. The molecule has 0 aliphatic heterocycles. The van der Waals surface area contributed by atoms with E-state index in [1.807, 2.05) is 0 Å². The first kappa shape index (κ1) is 19.4. The summed E-state index contributed by atoms with van der Waals surface area (Å²) in [5, 5.41) is 0.279. The van der Waals surface area contributed by atoms with Gasteiger partial charge in [0.1, 0.15) is 0 Å². The maximum absolute atomic E-state index is 6.43. The van der Waals surface area contributed by atoms with Crippen molar-refractivity contribution in [3.8, 4) is 0 Å². The van der Waals surface area contributed by atoms with E-state index in [4.69, 9.17) is 8.85 Å². The summed E-state index contributed by atoms with van der Waals surface area (Å²) in [6, 6.07) is 3.64. The molecule has 0 saturated heterocycles. The fourth-order valence-corrected chi connectivity index (χ4v) is 6.01. The molecule has 0 aromatic heterocycles. The SMILES string of the molecule is CC[Si](CC)(CC)O[C@@H](C)CO[Si](C)(C)C(C)(C)C. The van der Waals surface area contributed by atoms with Gasteiger partial charge in [-0.3, -0.25) is 0 Å². The van der Waals surface area contributed by atoms with Crippen molar-refractivity contribution < 1.29 is 8.85 Å². The zero-order chi connectivity index (χ0) is 15.3. The topological polar surface area (TPSA) is 18.5 Å². The van der Waals surface area contributed by atoms with E-state index < -0.39 is 16.6 Å². The van der Waals surface area contributed by atoms with Gasteiger partial charge in [-0.25, -0.2) is 0 Å². The quantitative estimate of drug-likeness (QED) is 0.558. The minimum atomic E-state index is -1.64. The van der Waals surface area contributed by atoms with Gasteiger partial charge in [0, 0.05) is 0 Å². The smallest absolute Gasteiger partial charge is 0.192 e. The van der Waals surface area contributed by atoms with Gasteiger partial charge in [-0.15, -0.1) is 0 Å². The van der Waals surface area contributed by atoms with Gasteiger partial charge in [-0.1, -0.05) is 41.5 Å². The Balaban J connectivity index is 4.44. The lowest BCUT2D eigenvalue weighted by atomic mass is 10.2. The highest BCUT2D eigenvalue weighted by Crippen LogP contribution is 2.36. The van der Waals surface area contributed by atoms with E-state index >= 15 is 0 Å². The maximum atomic E-state index is 6.43. The molecule has 0 N–H and O–H groups in total. The van der Waals surface area contributed by atoms with Crippen LogP contribution in [-0.2, 0) is 8.85 Å². The molecule has 1 atom stereocenters. The minimum absolute atomic E-state index is 0.237. The van der Waals surface area contributed by atoms with E-state index in [2.05, 4.69) is 61.6 Å². The monoisotopic (exact) mass is 304 g/mol. The summed E-state index contributed by atoms with van der Waals surface area (Å²) in [5.74, 6) is 0. The van der Waals surface area contributed by atoms with Crippen molar-refractivity contribution in [1.29, 1.82) is 0 Å². The van der Waals surface area contributed by atoms with Gasteiger partial charge in [-0.2, -0.15) is 0 Å². The molecule has 0 bridgehead atoms. The lowest BCUT2D eigenvalue weighted by Crippen LogP contribution is -2.45. The second kappa shape index (κ2) is 7.39. The molecule has 4 heteroatoms. The average Bonchev–Trinajstić information content (AvgIpc) is 2.32. The van der Waals surface area contributed by atoms with Gasteiger partial charge in [0.2, 0.25) is 0 Å². The largest absolute Gasteiger partial charge is 0.414 e. The zero-order valence-electron chi connectivity index (χ0n) is 14.7. The third kappa shape index (κ3) is 5.70. The first-order valence-corrected chi connectivity index (χ1v) is 13.3. The Labute approximate surface area is 123 Å². The van der Waals surface area contributed by atoms with Crippen LogP contribution < -0.4 is 0 Å². The summed E-state index contributed by atoms with van der Waals surface area (Å²) < 4.78 is 12.7. The van der Waals surface area contributed by atoms with E-state index in [1.54, 1.807) is 0 Å². The summed E-state index contributed by atoms with van der Waals surface area (Å²) in [4.78, 5) is 0. The van der Waals surface area contributed by atoms with Crippen LogP contribution in [0.15, 0.2) is 0 Å². The summed E-state index contributed by atoms with van der Waals surface area (Å²) >= 11 is 0. The van der Waals surface area contributed by atoms with Gasteiger partial charge >= 0.3 is 0 Å². The highest BCUT2D eigenvalue weighted by molar-refractivity contribution is 6.74. The van der Waals surface area contributed by atoms with Crippen molar-refractivity contribution in [2.24, 2.45) is 0 Å². The van der Waals surface area contributed by atoms with Crippen molar-refractivity contribution in [2.45, 2.75) is 90.8 Å². The first-order valence-electron chi connectivity index (χ1n) is 7.85. The van der Waals surface area contributed by atoms with Crippen LogP contribution in [0.3, 0.4) is 0 Å². The maximum Gasteiger partial charge on any atom is 0.192 e. The predicted molar refractivity (Wildman–Crippen MR) is 90.9 cm³/mol. The molecule has 116 valence electrons. The highest BCUT2D eigenvalue weighted by atomic mass is 28.4. The van der Waals surface area contributed by atoms with Crippen LogP contribution in [0.5, 0.6) is 0 Å². The molecule has 0 amide bonds. The molecule has 0 aliphatic rings. The zero-order valence-corrected chi connectivity index (χ0v) is 16.7. The van der Waals surface area contributed by atoms with Gasteiger partial charge < -0.3 is 8.85 Å². The Morgan fingerprint density at radius 3 is 1.68 bits per heavy atom. The number of hydrogen-bond acceptors (Lipinski definition) is 2. The fourth-order valence-electron chi connectivity index (χ4n) is 2.00. The van der Waals surface area contributed by atoms with Crippen LogP contribution in [0.4, 0.5) is 0 Å². The highest BCUT2D eigenvalue weighted by Gasteiger charge is 2.38. The van der Waals surface area contributed by atoms with Crippen molar-refractivity contribution in [3.05, 3.63) is 0 Å². The lowest BCUT2D eigenvalue weighted by Gasteiger charge is -2.38. The predicted octanol–water partition coefficient (Wildman–Crippen LogP) is 5.42. The Morgan fingerprint density at radius 1 is 0.947 bits per heavy atom. The first-order chi connectivity index (χ1) is 8.53. The van der Waals surface area contributed by atoms with E-state index in [9.17, 15) is 0 Å². The Kier molecular flexibility index (Phi) is 7.52. The lowest BCUT2D eigenvalue weighted by molar-refractivity contribution is 0.124. The molecule has 0 aromatic rings. The van der Waals surface area contributed by atoms with E-state index in [-0.39, 0.29) is 11.1 Å². The Hall–Kier alpha value is 0.354. The van der Waals surface area contributed by atoms with Crippen LogP contribution in [0, 0.1) is 0 Å². The molecule has 0 radical (unpaired) electrons. The van der Waals surface area contributed by atoms with Gasteiger partial charge in [0.25, 0.3) is 0 Å². The molecule has 0 spiro atoms. The summed E-state index contributed by atoms with van der Waals surface area (Å²) in [7, 11) is -3.13. The van der Waals surface area contributed by atoms with Gasteiger partial charge in [-0.05, 0) is 43.2 Å². The molecule has 0 heterocycles. The molecular weight excluding hydrogens is 268 g/mol. The standard InChI is InChI=1S/C15H36O2Si2/c1-10-19(11-2,12-3)17-14(4)13-16-18(8,9)15(5,6)7/h14H,10-13H2,1-9H3/t14-/m0/s1. The minimum Gasteiger partial charge on any atom is -0.414 e. The summed E-state index contributed by atoms with van der Waals surface area (Å²) in [6.07, 6.45) is 0.237. The molecule has 0 aromatic carbocycles. The van der Waals surface area contributed by atoms with Gasteiger partial charge in [0.15, 0.2) is 16.6 Å². The molecule has 0 saturated carbocycles. The van der Waals surface area contributed by atoms with Crippen LogP contribution in [0.1, 0.15) is 48.5 Å². The third-order valence-electron chi connectivity index (χ3n) is 4.87. The molecule has 19 heavy (non-hydrogen) atoms. The summed E-state index contributed by atoms with van der Waals surface area (Å²) in [6.45, 7) is 21.2. The van der Waals surface area contributed by atoms with Crippen LogP contribution in [0.25, 0.3) is 0 Å². The van der Waals surface area contributed by atoms with Crippen molar-refractivity contribution in [2.75, 3.05) is 6.61 Å². The van der Waals surface area contributed by atoms with E-state index in [1.165, 1.54) is 18.1 Å². The number of rotatable bonds is 8. The van der Waals surface area contributed by atoms with E-state index in [0.717, 1.165) is 6.61 Å². The Bertz CT molecular complexity index is 247. The fraction of sp³-hybridized carbons (Fsp3) is 1.00. The van der Waals surface area contributed by atoms with Crippen LogP contribution >= 0.6 is 0 Å². The van der Waals surface area contributed by atoms with Crippen molar-refractivity contribution in [3.63, 3.8) is 0 Å². The Morgan fingerprint density at radius 2 is 1.37 bits per heavy atom. The molecule has 2 nitrogen and oxygen atoms in total. The van der Waals surface area contributed by atoms with Crippen LogP contribution in [-0.4, -0.2) is 29.3 Å². The normalized spacial score (nSPS) is 15.6. The van der Waals surface area contributed by atoms with Crippen LogP contribution in [0.2, 0.25) is 36.3 Å². The average molecular weight is 305 g/mol. The molecule has 0 fully saturated rings.